The van der Waals surface area contributed by atoms with Gasteiger partial charge in [-0.25, -0.2) is 14.9 Å². The maximum Gasteiger partial charge on any atom is 0.490 e. The number of rotatable bonds is 4. The van der Waals surface area contributed by atoms with Gasteiger partial charge in [0.2, 0.25) is 11.9 Å². The first kappa shape index (κ1) is 32.9. The van der Waals surface area contributed by atoms with E-state index in [1.165, 1.54) is 4.31 Å². The lowest BCUT2D eigenvalue weighted by Crippen LogP contribution is -2.42. The van der Waals surface area contributed by atoms with Gasteiger partial charge in [0.15, 0.2) is 5.82 Å². The quantitative estimate of drug-likeness (QED) is 0.269. The molecular weight excluding hydrogens is 627 g/mol. The molecule has 2 aliphatic heterocycles. The van der Waals surface area contributed by atoms with E-state index in [0.29, 0.717) is 55.6 Å². The number of alkyl halides is 3. The lowest BCUT2D eigenvalue weighted by atomic mass is 9.94. The molecule has 236 valence electrons. The Hall–Kier alpha value is -3.99. The third-order valence-electron chi connectivity index (χ3n) is 6.90. The molecule has 5 rings (SSSR count). The van der Waals surface area contributed by atoms with Crippen LogP contribution >= 0.6 is 11.6 Å². The Labute approximate surface area is 256 Å². The van der Waals surface area contributed by atoms with Crippen molar-refractivity contribution in [2.45, 2.75) is 38.3 Å². The zero-order chi connectivity index (χ0) is 32.1. The molecule has 0 spiro atoms. The summed E-state index contributed by atoms with van der Waals surface area (Å²) < 4.78 is 56.1. The minimum atomic E-state index is -5.08. The van der Waals surface area contributed by atoms with E-state index in [1.807, 2.05) is 30.3 Å². The van der Waals surface area contributed by atoms with Crippen molar-refractivity contribution in [2.24, 2.45) is 11.1 Å². The third kappa shape index (κ3) is 9.25. The molecule has 0 saturated carbocycles. The van der Waals surface area contributed by atoms with Crippen LogP contribution in [0.5, 0.6) is 0 Å². The Morgan fingerprint density at radius 2 is 1.77 bits per heavy atom. The number of carboxylic acid groups (broad SMARTS) is 1. The van der Waals surface area contributed by atoms with E-state index in [4.69, 9.17) is 26.6 Å². The number of carbonyl (C=O) groups excluding carboxylic acids is 1. The number of carboxylic acids is 1. The van der Waals surface area contributed by atoms with Crippen molar-refractivity contribution in [2.75, 3.05) is 29.0 Å². The predicted molar refractivity (Wildman–Crippen MR) is 158 cm³/mol. The first-order valence-corrected chi connectivity index (χ1v) is 15.2. The molecule has 2 aliphatic rings. The number of carbonyl (C=O) groups is 2. The van der Waals surface area contributed by atoms with Crippen LogP contribution in [0.25, 0.3) is 0 Å². The van der Waals surface area contributed by atoms with Crippen molar-refractivity contribution < 1.29 is 36.3 Å². The fraction of sp³-hybridized carbons (Fsp3) is 0.333. The Morgan fingerprint density at radius 1 is 1.09 bits per heavy atom. The fourth-order valence-corrected chi connectivity index (χ4v) is 5.55. The highest BCUT2D eigenvalue weighted by atomic mass is 35.5. The Morgan fingerprint density at radius 3 is 2.43 bits per heavy atom. The number of anilines is 5. The molecule has 1 amide bonds. The second-order valence-corrected chi connectivity index (χ2v) is 12.1. The highest BCUT2D eigenvalue weighted by Crippen LogP contribution is 2.30. The van der Waals surface area contributed by atoms with Gasteiger partial charge in [-0.3, -0.25) is 4.79 Å². The molecule has 1 saturated heterocycles. The molecular formula is C27H29ClF3N7O5S. The van der Waals surface area contributed by atoms with Crippen LogP contribution in [-0.4, -0.2) is 58.9 Å². The number of aromatic nitrogens is 2. The summed E-state index contributed by atoms with van der Waals surface area (Å²) in [6, 6.07) is 13.8. The molecule has 1 fully saturated rings. The summed E-state index contributed by atoms with van der Waals surface area (Å²) in [5, 5.41) is 22.3. The number of nitrogens with zero attached hydrogens (tertiary/aromatic N) is 3. The van der Waals surface area contributed by atoms with Gasteiger partial charge in [0, 0.05) is 36.6 Å². The van der Waals surface area contributed by atoms with Gasteiger partial charge in [0.05, 0.1) is 6.20 Å². The van der Waals surface area contributed by atoms with E-state index in [9.17, 15) is 26.4 Å². The van der Waals surface area contributed by atoms with Gasteiger partial charge in [-0.2, -0.15) is 30.9 Å². The monoisotopic (exact) mass is 655 g/mol. The predicted octanol–water partition coefficient (Wildman–Crippen LogP) is 4.59. The summed E-state index contributed by atoms with van der Waals surface area (Å²) in [7, 11) is -3.68. The first-order chi connectivity index (χ1) is 20.7. The number of hydrogen-bond donors (Lipinski definition) is 5. The zero-order valence-electron chi connectivity index (χ0n) is 23.1. The molecule has 0 radical (unpaired) electrons. The van der Waals surface area contributed by atoms with Crippen molar-refractivity contribution in [1.82, 2.24) is 14.3 Å². The second kappa shape index (κ2) is 13.8. The Balaban J connectivity index is 0.000000566. The lowest BCUT2D eigenvalue weighted by Gasteiger charge is -2.29. The molecule has 12 nitrogen and oxygen atoms in total. The minimum Gasteiger partial charge on any atom is -0.475 e. The average Bonchev–Trinajstić information content (AvgIpc) is 2.95. The van der Waals surface area contributed by atoms with E-state index in [0.717, 1.165) is 34.6 Å². The van der Waals surface area contributed by atoms with Crippen LogP contribution in [0.3, 0.4) is 0 Å². The van der Waals surface area contributed by atoms with Gasteiger partial charge >= 0.3 is 12.1 Å². The number of benzene rings is 2. The van der Waals surface area contributed by atoms with Crippen LogP contribution in [0.15, 0.2) is 48.7 Å². The summed E-state index contributed by atoms with van der Waals surface area (Å²) in [6.45, 7) is 0.674. The summed E-state index contributed by atoms with van der Waals surface area (Å²) in [6.07, 6.45) is -0.529. The third-order valence-corrected chi connectivity index (χ3v) is 8.26. The number of hydrogen-bond acceptors (Lipinski definition) is 8. The van der Waals surface area contributed by atoms with Crippen LogP contribution in [-0.2, 0) is 32.6 Å². The molecule has 2 aromatic carbocycles. The standard InChI is InChI=1S/C25H28ClN7O3S.C2HF3O2/c26-21-15-28-25-30-19-3-1-2-16(12-19)4-5-18-14-20(29-24(21)32-25)6-7-22(18)31-23(34)13-17-8-10-33(11-9-17)37(27,35)36;3-2(4,5)1(6)7/h1-3,6-7,12,14-15,17H,4-5,8-11,13H2,(H,31,34)(H2,27,35,36)(H2,28,29,30,32);(H,6,7). The van der Waals surface area contributed by atoms with Gasteiger partial charge in [-0.1, -0.05) is 23.7 Å². The van der Waals surface area contributed by atoms with Crippen molar-refractivity contribution in [3.8, 4) is 0 Å². The Bertz CT molecular complexity index is 1630. The van der Waals surface area contributed by atoms with Crippen molar-refractivity contribution in [3.05, 3.63) is 64.8 Å². The van der Waals surface area contributed by atoms with E-state index in [-0.39, 0.29) is 11.8 Å². The van der Waals surface area contributed by atoms with Gasteiger partial charge in [-0.15, -0.1) is 0 Å². The molecule has 17 heteroatoms. The molecule has 0 aliphatic carbocycles. The molecule has 0 atom stereocenters. The normalized spacial score (nSPS) is 15.6. The summed E-state index contributed by atoms with van der Waals surface area (Å²) >= 11 is 6.34. The number of aryl methyl sites for hydroxylation is 2. The average molecular weight is 656 g/mol. The number of halogens is 4. The topological polar surface area (TPSA) is 180 Å². The smallest absolute Gasteiger partial charge is 0.475 e. The second-order valence-electron chi connectivity index (χ2n) is 10.2. The van der Waals surface area contributed by atoms with Gasteiger partial charge in [-0.05, 0) is 73.1 Å². The summed E-state index contributed by atoms with van der Waals surface area (Å²) in [5.74, 6) is -1.84. The van der Waals surface area contributed by atoms with Crippen LogP contribution in [0, 0.1) is 5.92 Å². The van der Waals surface area contributed by atoms with Gasteiger partial charge in [0.1, 0.15) is 5.02 Å². The van der Waals surface area contributed by atoms with E-state index >= 15 is 0 Å². The molecule has 0 unspecified atom stereocenters. The largest absolute Gasteiger partial charge is 0.490 e. The fourth-order valence-electron chi connectivity index (χ4n) is 4.70. The first-order valence-electron chi connectivity index (χ1n) is 13.3. The van der Waals surface area contributed by atoms with Gasteiger partial charge in [0.25, 0.3) is 10.2 Å². The molecule has 6 N–H and O–H groups in total. The SMILES string of the molecule is NS(=O)(=O)N1CCC(CC(=O)Nc2ccc3cc2CCc2cccc(c2)Nc2ncc(Cl)c(n2)N3)CC1.O=C(O)C(F)(F)F. The summed E-state index contributed by atoms with van der Waals surface area (Å²) in [4.78, 5) is 30.6. The maximum atomic E-state index is 12.9. The van der Waals surface area contributed by atoms with Crippen molar-refractivity contribution >= 4 is 62.5 Å². The number of amides is 1. The van der Waals surface area contributed by atoms with Crippen molar-refractivity contribution in [3.63, 3.8) is 0 Å². The highest BCUT2D eigenvalue weighted by molar-refractivity contribution is 7.86. The van der Waals surface area contributed by atoms with E-state index in [1.54, 1.807) is 6.20 Å². The number of aliphatic carboxylic acids is 1. The maximum absolute atomic E-state index is 12.9. The van der Waals surface area contributed by atoms with Gasteiger partial charge < -0.3 is 21.1 Å². The molecule has 44 heavy (non-hydrogen) atoms. The number of piperidine rings is 1. The van der Waals surface area contributed by atoms with Crippen LogP contribution in [0.4, 0.5) is 42.0 Å². The van der Waals surface area contributed by atoms with E-state index < -0.39 is 22.4 Å². The van der Waals surface area contributed by atoms with E-state index in [2.05, 4.69) is 38.1 Å². The van der Waals surface area contributed by atoms with Crippen LogP contribution < -0.4 is 21.1 Å². The number of nitrogens with one attached hydrogen (secondary N) is 3. The summed E-state index contributed by atoms with van der Waals surface area (Å²) in [5.41, 5.74) is 4.52. The molecule has 1 aromatic heterocycles. The van der Waals surface area contributed by atoms with Crippen LogP contribution in [0.1, 0.15) is 30.4 Å². The number of fused-ring (bicyclic) bond motifs is 6. The number of nitrogens with two attached hydrogens (primary N) is 1. The lowest BCUT2D eigenvalue weighted by molar-refractivity contribution is -0.192. The molecule has 3 aromatic rings. The molecule has 6 bridgehead atoms. The Kier molecular flexibility index (Phi) is 10.3. The van der Waals surface area contributed by atoms with Crippen molar-refractivity contribution in [1.29, 1.82) is 0 Å². The highest BCUT2D eigenvalue weighted by Gasteiger charge is 2.38. The zero-order valence-corrected chi connectivity index (χ0v) is 24.6. The molecule has 3 heterocycles. The van der Waals surface area contributed by atoms with Crippen LogP contribution in [0.2, 0.25) is 5.02 Å². The minimum absolute atomic E-state index is 0.0939.